The van der Waals surface area contributed by atoms with E-state index >= 15 is 0 Å². The topological polar surface area (TPSA) is 29.4 Å². The van der Waals surface area contributed by atoms with Crippen molar-refractivity contribution in [2.24, 2.45) is 4.40 Å². The Bertz CT molecular complexity index is 530. The standard InChI is InChI=1S/C17H24ClNOS/c1-4-16(3,5-2)21(20)19-13-17(11-6-12-17)14-7-9-15(18)10-8-14/h7-10,13H,4-6,11-12H2,1-3H3. The maximum Gasteiger partial charge on any atom is 0.145 e. The van der Waals surface area contributed by atoms with Gasteiger partial charge < -0.3 is 0 Å². The molecule has 0 amide bonds. The van der Waals surface area contributed by atoms with E-state index in [-0.39, 0.29) is 10.2 Å². The molecule has 0 aliphatic heterocycles. The number of hydrogen-bond acceptors (Lipinski definition) is 1. The first-order valence-electron chi connectivity index (χ1n) is 7.69. The van der Waals surface area contributed by atoms with Crippen LogP contribution in [0.4, 0.5) is 0 Å². The molecule has 0 spiro atoms. The molecule has 2 nitrogen and oxygen atoms in total. The van der Waals surface area contributed by atoms with E-state index in [1.807, 2.05) is 18.3 Å². The molecular formula is C17H24ClNOS. The summed E-state index contributed by atoms with van der Waals surface area (Å²) < 4.78 is 16.7. The van der Waals surface area contributed by atoms with Crippen molar-refractivity contribution in [2.75, 3.05) is 0 Å². The second-order valence-corrected chi connectivity index (χ2v) is 8.29. The first-order chi connectivity index (χ1) is 9.96. The molecule has 1 aliphatic rings. The number of hydrogen-bond donors (Lipinski definition) is 0. The van der Waals surface area contributed by atoms with Crippen LogP contribution < -0.4 is 0 Å². The van der Waals surface area contributed by atoms with E-state index in [0.717, 1.165) is 30.7 Å². The lowest BCUT2D eigenvalue weighted by Crippen LogP contribution is -2.37. The van der Waals surface area contributed by atoms with Crippen molar-refractivity contribution in [1.29, 1.82) is 0 Å². The SMILES string of the molecule is CCC(C)(CC)S(=O)N=CC1(c2ccc(Cl)cc2)CCC1. The van der Waals surface area contributed by atoms with Crippen LogP contribution in [0.5, 0.6) is 0 Å². The molecule has 1 aromatic rings. The lowest BCUT2D eigenvalue weighted by Gasteiger charge is -2.39. The summed E-state index contributed by atoms with van der Waals surface area (Å²) in [5.74, 6) is 0. The largest absolute Gasteiger partial charge is 0.234 e. The van der Waals surface area contributed by atoms with Gasteiger partial charge in [0, 0.05) is 16.7 Å². The van der Waals surface area contributed by atoms with E-state index in [1.54, 1.807) is 0 Å². The predicted molar refractivity (Wildman–Crippen MR) is 92.6 cm³/mol. The Labute approximate surface area is 135 Å². The summed E-state index contributed by atoms with van der Waals surface area (Å²) in [4.78, 5) is 0. The van der Waals surface area contributed by atoms with Gasteiger partial charge in [-0.05, 0) is 50.3 Å². The third kappa shape index (κ3) is 3.40. The second kappa shape index (κ2) is 6.62. The molecular weight excluding hydrogens is 302 g/mol. The van der Waals surface area contributed by atoms with Gasteiger partial charge in [-0.1, -0.05) is 44.0 Å². The highest BCUT2D eigenvalue weighted by molar-refractivity contribution is 7.85. The van der Waals surface area contributed by atoms with E-state index in [0.29, 0.717) is 0 Å². The molecule has 4 heteroatoms. The van der Waals surface area contributed by atoms with E-state index in [1.165, 1.54) is 12.0 Å². The van der Waals surface area contributed by atoms with E-state index < -0.39 is 11.0 Å². The first-order valence-corrected chi connectivity index (χ1v) is 9.17. The second-order valence-electron chi connectivity index (χ2n) is 6.16. The fraction of sp³-hybridized carbons (Fsp3) is 0.588. The maximum absolute atomic E-state index is 12.5. The van der Waals surface area contributed by atoms with Crippen molar-refractivity contribution in [1.82, 2.24) is 0 Å². The molecule has 1 aliphatic carbocycles. The van der Waals surface area contributed by atoms with Gasteiger partial charge in [-0.3, -0.25) is 0 Å². The minimum absolute atomic E-state index is 0.0390. The Balaban J connectivity index is 2.21. The molecule has 0 bridgehead atoms. The lowest BCUT2D eigenvalue weighted by molar-refractivity contribution is 0.348. The Hall–Kier alpha value is -0.670. The van der Waals surface area contributed by atoms with Gasteiger partial charge >= 0.3 is 0 Å². The molecule has 1 saturated carbocycles. The van der Waals surface area contributed by atoms with Crippen molar-refractivity contribution in [2.45, 2.75) is 63.0 Å². The van der Waals surface area contributed by atoms with E-state index in [2.05, 4.69) is 37.3 Å². The summed E-state index contributed by atoms with van der Waals surface area (Å²) in [6, 6.07) is 7.97. The van der Waals surface area contributed by atoms with Gasteiger partial charge in [0.1, 0.15) is 11.0 Å². The molecule has 1 aromatic carbocycles. The molecule has 1 unspecified atom stereocenters. The molecule has 1 atom stereocenters. The highest BCUT2D eigenvalue weighted by Gasteiger charge is 2.38. The van der Waals surface area contributed by atoms with Crippen LogP contribution in [0.25, 0.3) is 0 Å². The molecule has 0 N–H and O–H groups in total. The molecule has 116 valence electrons. The number of benzene rings is 1. The number of halogens is 1. The van der Waals surface area contributed by atoms with Crippen molar-refractivity contribution in [3.8, 4) is 0 Å². The minimum Gasteiger partial charge on any atom is -0.234 e. The maximum atomic E-state index is 12.5. The zero-order chi connectivity index (χ0) is 15.5. The molecule has 0 heterocycles. The summed E-state index contributed by atoms with van der Waals surface area (Å²) in [5.41, 5.74) is 1.19. The van der Waals surface area contributed by atoms with Crippen LogP contribution in [-0.2, 0) is 16.4 Å². The Morgan fingerprint density at radius 1 is 1.29 bits per heavy atom. The van der Waals surface area contributed by atoms with Crippen LogP contribution in [-0.4, -0.2) is 15.2 Å². The predicted octanol–water partition coefficient (Wildman–Crippen LogP) is 5.07. The molecule has 1 fully saturated rings. The van der Waals surface area contributed by atoms with E-state index in [9.17, 15) is 4.21 Å². The normalized spacial score (nSPS) is 19.4. The molecule has 0 radical (unpaired) electrons. The van der Waals surface area contributed by atoms with Crippen LogP contribution in [0.1, 0.15) is 58.4 Å². The fourth-order valence-corrected chi connectivity index (χ4v) is 3.78. The van der Waals surface area contributed by atoms with Gasteiger partial charge in [0.15, 0.2) is 0 Å². The average Bonchev–Trinajstić information content (AvgIpc) is 2.46. The van der Waals surface area contributed by atoms with Crippen LogP contribution in [0.3, 0.4) is 0 Å². The fourth-order valence-electron chi connectivity index (χ4n) is 2.60. The van der Waals surface area contributed by atoms with Crippen molar-refractivity contribution >= 4 is 28.8 Å². The van der Waals surface area contributed by atoms with Crippen molar-refractivity contribution in [3.05, 3.63) is 34.9 Å². The zero-order valence-corrected chi connectivity index (χ0v) is 14.6. The number of nitrogens with zero attached hydrogens (tertiary/aromatic N) is 1. The van der Waals surface area contributed by atoms with Gasteiger partial charge in [0.05, 0.1) is 4.75 Å². The zero-order valence-electron chi connectivity index (χ0n) is 13.1. The van der Waals surface area contributed by atoms with Gasteiger partial charge in [0.25, 0.3) is 0 Å². The first kappa shape index (κ1) is 16.7. The Morgan fingerprint density at radius 3 is 2.29 bits per heavy atom. The minimum atomic E-state index is -1.17. The quantitative estimate of drug-likeness (QED) is 0.671. The van der Waals surface area contributed by atoms with Crippen LogP contribution in [0, 0.1) is 0 Å². The van der Waals surface area contributed by atoms with Crippen molar-refractivity contribution < 1.29 is 4.21 Å². The van der Waals surface area contributed by atoms with Crippen LogP contribution >= 0.6 is 11.6 Å². The van der Waals surface area contributed by atoms with Gasteiger partial charge in [-0.25, -0.2) is 4.21 Å². The Morgan fingerprint density at radius 2 is 1.86 bits per heavy atom. The van der Waals surface area contributed by atoms with Crippen molar-refractivity contribution in [3.63, 3.8) is 0 Å². The van der Waals surface area contributed by atoms with Gasteiger partial charge in [-0.2, -0.15) is 4.40 Å². The van der Waals surface area contributed by atoms with Gasteiger partial charge in [0.2, 0.25) is 0 Å². The summed E-state index contributed by atoms with van der Waals surface area (Å²) >= 11 is 5.97. The van der Waals surface area contributed by atoms with Crippen LogP contribution in [0.2, 0.25) is 5.02 Å². The summed E-state index contributed by atoms with van der Waals surface area (Å²) in [6.07, 6.45) is 7.04. The highest BCUT2D eigenvalue weighted by atomic mass is 35.5. The molecule has 21 heavy (non-hydrogen) atoms. The average molecular weight is 326 g/mol. The third-order valence-electron chi connectivity index (χ3n) is 4.98. The van der Waals surface area contributed by atoms with Gasteiger partial charge in [-0.15, -0.1) is 0 Å². The lowest BCUT2D eigenvalue weighted by atomic mass is 9.65. The molecule has 0 aromatic heterocycles. The molecule has 2 rings (SSSR count). The van der Waals surface area contributed by atoms with Crippen LogP contribution in [0.15, 0.2) is 28.7 Å². The Kier molecular flexibility index (Phi) is 5.26. The smallest absolute Gasteiger partial charge is 0.145 e. The molecule has 0 saturated heterocycles. The summed E-state index contributed by atoms with van der Waals surface area (Å²) in [7, 11) is -1.17. The third-order valence-corrected chi connectivity index (χ3v) is 6.95. The highest BCUT2D eigenvalue weighted by Crippen LogP contribution is 2.42. The number of rotatable bonds is 6. The van der Waals surface area contributed by atoms with E-state index in [4.69, 9.17) is 11.6 Å². The summed E-state index contributed by atoms with van der Waals surface area (Å²) in [5, 5.41) is 0.748. The summed E-state index contributed by atoms with van der Waals surface area (Å²) in [6.45, 7) is 6.21. The monoisotopic (exact) mass is 325 g/mol.